The van der Waals surface area contributed by atoms with Crippen LogP contribution in [0.5, 0.6) is 0 Å². The highest BCUT2D eigenvalue weighted by molar-refractivity contribution is 6.79. The van der Waals surface area contributed by atoms with Crippen LogP contribution in [0.3, 0.4) is 0 Å². The Bertz CT molecular complexity index is 344. The fourth-order valence-corrected chi connectivity index (χ4v) is 5.19. The number of ether oxygens (including phenoxy) is 1. The third-order valence-corrected chi connectivity index (χ3v) is 6.17. The zero-order valence-electron chi connectivity index (χ0n) is 11.9. The molecule has 0 radical (unpaired) electrons. The number of esters is 1. The Balaban J connectivity index is 2.90. The molecule has 2 N–H and O–H groups in total. The van der Waals surface area contributed by atoms with E-state index in [0.29, 0.717) is 6.17 Å². The van der Waals surface area contributed by atoms with Gasteiger partial charge in [0.25, 0.3) is 0 Å². The van der Waals surface area contributed by atoms with Crippen molar-refractivity contribution in [3.8, 4) is 0 Å². The molecule has 1 saturated heterocycles. The highest BCUT2D eigenvalue weighted by atomic mass is 28.3. The van der Waals surface area contributed by atoms with Gasteiger partial charge in [0.15, 0.2) is 0 Å². The van der Waals surface area contributed by atoms with Gasteiger partial charge in [0, 0.05) is 6.17 Å². The van der Waals surface area contributed by atoms with Crippen LogP contribution in [-0.2, 0) is 14.3 Å². The van der Waals surface area contributed by atoms with Crippen molar-refractivity contribution in [1.82, 2.24) is 4.90 Å². The third kappa shape index (κ3) is 3.11. The fourth-order valence-electron chi connectivity index (χ4n) is 2.32. The summed E-state index contributed by atoms with van der Waals surface area (Å²) in [7, 11) is -0.179. The van der Waals surface area contributed by atoms with Crippen LogP contribution >= 0.6 is 0 Å². The minimum absolute atomic E-state index is 0.0705. The average Bonchev–Trinajstić information content (AvgIpc) is 2.62. The van der Waals surface area contributed by atoms with Crippen LogP contribution in [0.25, 0.3) is 0 Å². The summed E-state index contributed by atoms with van der Waals surface area (Å²) in [5.41, 5.74) is 5.90. The van der Waals surface area contributed by atoms with E-state index in [1.54, 1.807) is 4.90 Å². The zero-order chi connectivity index (χ0) is 14.1. The molecule has 0 saturated carbocycles. The van der Waals surface area contributed by atoms with E-state index in [0.717, 1.165) is 6.04 Å². The van der Waals surface area contributed by atoms with Crippen molar-refractivity contribution in [3.05, 3.63) is 0 Å². The lowest BCUT2D eigenvalue weighted by Gasteiger charge is -2.27. The monoisotopic (exact) mass is 272 g/mol. The topological polar surface area (TPSA) is 72.6 Å². The van der Waals surface area contributed by atoms with Gasteiger partial charge in [-0.2, -0.15) is 0 Å². The first-order valence-corrected chi connectivity index (χ1v) is 9.75. The Kier molecular flexibility index (Phi) is 4.55. The summed E-state index contributed by atoms with van der Waals surface area (Å²) in [5.74, 6) is -0.378. The van der Waals surface area contributed by atoms with Gasteiger partial charge >= 0.3 is 5.97 Å². The molecule has 0 aromatic rings. The van der Waals surface area contributed by atoms with Crippen molar-refractivity contribution in [2.24, 2.45) is 11.7 Å². The summed E-state index contributed by atoms with van der Waals surface area (Å²) < 4.78 is 4.80. The van der Waals surface area contributed by atoms with Crippen LogP contribution in [0.4, 0.5) is 0 Å². The smallest absolute Gasteiger partial charge is 0.328 e. The van der Waals surface area contributed by atoms with Crippen LogP contribution < -0.4 is 5.73 Å². The maximum absolute atomic E-state index is 12.3. The number of methoxy groups -OCH3 is 1. The quantitative estimate of drug-likeness (QED) is 0.603. The number of hydrogen-bond acceptors (Lipinski definition) is 4. The van der Waals surface area contributed by atoms with Crippen LogP contribution in [0.15, 0.2) is 0 Å². The largest absolute Gasteiger partial charge is 0.467 e. The van der Waals surface area contributed by atoms with E-state index >= 15 is 0 Å². The van der Waals surface area contributed by atoms with E-state index in [1.165, 1.54) is 7.11 Å². The third-order valence-electron chi connectivity index (χ3n) is 3.48. The molecule has 6 heteroatoms. The highest BCUT2D eigenvalue weighted by Gasteiger charge is 2.46. The van der Waals surface area contributed by atoms with Crippen LogP contribution in [-0.4, -0.2) is 50.2 Å². The van der Waals surface area contributed by atoms with E-state index in [-0.39, 0.29) is 17.8 Å². The molecule has 0 aliphatic carbocycles. The molecule has 18 heavy (non-hydrogen) atoms. The molecule has 1 amide bonds. The molecular formula is C12H24N2O3Si. The van der Waals surface area contributed by atoms with Gasteiger partial charge in [-0.25, -0.2) is 4.79 Å². The van der Waals surface area contributed by atoms with Gasteiger partial charge in [0.05, 0.1) is 21.2 Å². The molecule has 1 aliphatic heterocycles. The Hall–Kier alpha value is -0.883. The standard InChI is InChI=1S/C12H24N2O3Si/c1-8(2)10(13)11(15)14-7-18(4,5)6-9(14)12(16)17-3/h8-10H,6-7,13H2,1-5H3/t9-,10+/m0/s1. The first kappa shape index (κ1) is 15.2. The Morgan fingerprint density at radius 2 is 1.94 bits per heavy atom. The first-order chi connectivity index (χ1) is 8.19. The summed E-state index contributed by atoms with van der Waals surface area (Å²) in [6.07, 6.45) is 0.687. The average molecular weight is 272 g/mol. The second kappa shape index (κ2) is 5.40. The summed E-state index contributed by atoms with van der Waals surface area (Å²) in [6.45, 7) is 8.18. The molecule has 1 rings (SSSR count). The first-order valence-electron chi connectivity index (χ1n) is 6.33. The van der Waals surface area contributed by atoms with Gasteiger partial charge in [0.1, 0.15) is 6.04 Å². The lowest BCUT2D eigenvalue weighted by Crippen LogP contribution is -2.51. The number of nitrogens with zero attached hydrogens (tertiary/aromatic N) is 1. The minimum Gasteiger partial charge on any atom is -0.467 e. The number of hydrogen-bond donors (Lipinski definition) is 1. The Morgan fingerprint density at radius 3 is 2.39 bits per heavy atom. The lowest BCUT2D eigenvalue weighted by molar-refractivity contribution is -0.151. The Morgan fingerprint density at radius 1 is 1.39 bits per heavy atom. The van der Waals surface area contributed by atoms with Crippen LogP contribution in [0, 0.1) is 5.92 Å². The molecule has 0 unspecified atom stereocenters. The summed E-state index contributed by atoms with van der Waals surface area (Å²) >= 11 is 0. The number of carbonyl (C=O) groups excluding carboxylic acids is 2. The van der Waals surface area contributed by atoms with Gasteiger partial charge in [0.2, 0.25) is 5.91 Å². The van der Waals surface area contributed by atoms with Crippen molar-refractivity contribution in [3.63, 3.8) is 0 Å². The summed E-state index contributed by atoms with van der Waals surface area (Å²) in [4.78, 5) is 25.7. The van der Waals surface area contributed by atoms with Crippen molar-refractivity contribution >= 4 is 20.0 Å². The van der Waals surface area contributed by atoms with Gasteiger partial charge in [-0.05, 0) is 12.0 Å². The maximum atomic E-state index is 12.3. The fraction of sp³-hybridized carbons (Fsp3) is 0.833. The molecule has 5 nitrogen and oxygen atoms in total. The number of nitrogens with two attached hydrogens (primary N) is 1. The van der Waals surface area contributed by atoms with Crippen LogP contribution in [0.2, 0.25) is 19.1 Å². The van der Waals surface area contributed by atoms with Crippen molar-refractivity contribution in [2.75, 3.05) is 13.3 Å². The van der Waals surface area contributed by atoms with E-state index in [1.807, 2.05) is 13.8 Å². The summed E-state index contributed by atoms with van der Waals surface area (Å²) in [5, 5.41) is 0. The SMILES string of the molecule is COC(=O)[C@@H]1C[Si](C)(C)CN1C(=O)[C@H](N)C(C)C. The van der Waals surface area contributed by atoms with Gasteiger partial charge in [-0.1, -0.05) is 26.9 Å². The second-order valence-corrected chi connectivity index (χ2v) is 11.2. The molecule has 0 bridgehead atoms. The molecule has 104 valence electrons. The molecule has 1 heterocycles. The Labute approximate surface area is 110 Å². The van der Waals surface area contributed by atoms with Crippen LogP contribution in [0.1, 0.15) is 13.8 Å². The van der Waals surface area contributed by atoms with Crippen molar-refractivity contribution < 1.29 is 14.3 Å². The number of carbonyl (C=O) groups is 2. The number of rotatable bonds is 3. The molecular weight excluding hydrogens is 248 g/mol. The van der Waals surface area contributed by atoms with Crippen molar-refractivity contribution in [2.45, 2.75) is 45.1 Å². The molecule has 0 aromatic heterocycles. The normalized spacial score (nSPS) is 24.2. The summed E-state index contributed by atoms with van der Waals surface area (Å²) in [6, 6.07) is -0.218. The minimum atomic E-state index is -1.54. The highest BCUT2D eigenvalue weighted by Crippen LogP contribution is 2.28. The second-order valence-electron chi connectivity index (χ2n) is 6.14. The maximum Gasteiger partial charge on any atom is 0.328 e. The van der Waals surface area contributed by atoms with E-state index in [9.17, 15) is 9.59 Å². The van der Waals surface area contributed by atoms with Gasteiger partial charge in [-0.15, -0.1) is 0 Å². The predicted molar refractivity (Wildman–Crippen MR) is 72.6 cm³/mol. The molecule has 2 atom stereocenters. The molecule has 1 aliphatic rings. The number of amides is 1. The van der Waals surface area contributed by atoms with E-state index in [4.69, 9.17) is 10.5 Å². The van der Waals surface area contributed by atoms with E-state index in [2.05, 4.69) is 13.1 Å². The predicted octanol–water partition coefficient (Wildman–Crippen LogP) is 0.601. The van der Waals surface area contributed by atoms with E-state index < -0.39 is 20.2 Å². The van der Waals surface area contributed by atoms with Gasteiger partial charge < -0.3 is 15.4 Å². The zero-order valence-corrected chi connectivity index (χ0v) is 12.9. The lowest BCUT2D eigenvalue weighted by atomic mass is 10.0. The molecule has 0 spiro atoms. The van der Waals surface area contributed by atoms with Gasteiger partial charge in [-0.3, -0.25) is 4.79 Å². The molecule has 1 fully saturated rings. The van der Waals surface area contributed by atoms with Crippen molar-refractivity contribution in [1.29, 1.82) is 0 Å². The molecule has 0 aromatic carbocycles.